The number of benzene rings is 1. The second kappa shape index (κ2) is 5.57. The number of aliphatic hydroxyl groups is 1. The Bertz CT molecular complexity index is 466. The molecule has 0 radical (unpaired) electrons. The first-order chi connectivity index (χ1) is 8.98. The lowest BCUT2D eigenvalue weighted by Gasteiger charge is -2.37. The molecule has 0 aromatic heterocycles. The lowest BCUT2D eigenvalue weighted by Crippen LogP contribution is -2.46. The largest absolute Gasteiger partial charge is 0.465 e. The van der Waals surface area contributed by atoms with Gasteiger partial charge in [-0.25, -0.2) is 9.18 Å². The number of hydrogen-bond donors (Lipinski definition) is 3. The van der Waals surface area contributed by atoms with Crippen LogP contribution in [0, 0.1) is 5.82 Å². The van der Waals surface area contributed by atoms with Crippen LogP contribution in [-0.4, -0.2) is 27.9 Å². The molecular formula is C14H18FNO3. The van der Waals surface area contributed by atoms with Gasteiger partial charge in [0, 0.05) is 12.5 Å². The Morgan fingerprint density at radius 2 is 2.21 bits per heavy atom. The van der Waals surface area contributed by atoms with Crippen LogP contribution < -0.4 is 5.32 Å². The van der Waals surface area contributed by atoms with Gasteiger partial charge in [-0.2, -0.15) is 0 Å². The highest BCUT2D eigenvalue weighted by Crippen LogP contribution is 2.32. The van der Waals surface area contributed by atoms with Crippen molar-refractivity contribution in [2.45, 2.75) is 43.7 Å². The van der Waals surface area contributed by atoms with Gasteiger partial charge in [0.1, 0.15) is 5.82 Å². The van der Waals surface area contributed by atoms with Gasteiger partial charge in [-0.05, 0) is 37.3 Å². The Balaban J connectivity index is 2.05. The van der Waals surface area contributed by atoms with E-state index in [1.807, 2.05) is 0 Å². The van der Waals surface area contributed by atoms with E-state index in [1.165, 1.54) is 6.07 Å². The molecule has 0 saturated heterocycles. The molecule has 0 heterocycles. The zero-order valence-electron chi connectivity index (χ0n) is 10.6. The van der Waals surface area contributed by atoms with Gasteiger partial charge in [-0.1, -0.05) is 18.2 Å². The topological polar surface area (TPSA) is 69.6 Å². The van der Waals surface area contributed by atoms with E-state index in [1.54, 1.807) is 18.2 Å². The number of nitrogens with one attached hydrogen (secondary N) is 1. The fourth-order valence-electron chi connectivity index (χ4n) is 2.79. The highest BCUT2D eigenvalue weighted by atomic mass is 19.1. The van der Waals surface area contributed by atoms with Crippen LogP contribution in [0.1, 0.15) is 31.2 Å². The minimum atomic E-state index is -1.08. The zero-order chi connectivity index (χ0) is 13.9. The minimum Gasteiger partial charge on any atom is -0.465 e. The summed E-state index contributed by atoms with van der Waals surface area (Å²) in [5.41, 5.74) is -0.561. The second-order valence-corrected chi connectivity index (χ2v) is 5.24. The van der Waals surface area contributed by atoms with Crippen molar-refractivity contribution in [3.8, 4) is 0 Å². The molecule has 0 spiro atoms. The van der Waals surface area contributed by atoms with Crippen molar-refractivity contribution in [1.82, 2.24) is 5.32 Å². The van der Waals surface area contributed by atoms with E-state index < -0.39 is 11.7 Å². The summed E-state index contributed by atoms with van der Waals surface area (Å²) in [7, 11) is 0. The van der Waals surface area contributed by atoms with E-state index in [4.69, 9.17) is 5.11 Å². The fourth-order valence-corrected chi connectivity index (χ4v) is 2.79. The van der Waals surface area contributed by atoms with Gasteiger partial charge in [0.2, 0.25) is 0 Å². The van der Waals surface area contributed by atoms with Crippen LogP contribution in [0.25, 0.3) is 0 Å². The minimum absolute atomic E-state index is 0.220. The van der Waals surface area contributed by atoms with Gasteiger partial charge >= 0.3 is 6.09 Å². The van der Waals surface area contributed by atoms with Crippen LogP contribution in [0.2, 0.25) is 0 Å². The van der Waals surface area contributed by atoms with E-state index in [0.29, 0.717) is 24.8 Å². The fraction of sp³-hybridized carbons (Fsp3) is 0.500. The molecule has 1 aromatic carbocycles. The number of halogens is 1. The molecule has 1 aliphatic rings. The van der Waals surface area contributed by atoms with Crippen LogP contribution in [-0.2, 0) is 6.42 Å². The Kier molecular flexibility index (Phi) is 4.04. The maximum Gasteiger partial charge on any atom is 0.404 e. The molecule has 1 amide bonds. The highest BCUT2D eigenvalue weighted by molar-refractivity contribution is 5.64. The Morgan fingerprint density at radius 3 is 2.89 bits per heavy atom. The maximum absolute atomic E-state index is 13.6. The van der Waals surface area contributed by atoms with Gasteiger partial charge in [0.15, 0.2) is 0 Å². The summed E-state index contributed by atoms with van der Waals surface area (Å²) in [5.74, 6) is -0.329. The van der Waals surface area contributed by atoms with Crippen LogP contribution in [0.4, 0.5) is 9.18 Å². The van der Waals surface area contributed by atoms with E-state index in [2.05, 4.69) is 5.32 Å². The van der Waals surface area contributed by atoms with Gasteiger partial charge in [-0.3, -0.25) is 0 Å². The van der Waals surface area contributed by atoms with Gasteiger partial charge in [-0.15, -0.1) is 0 Å². The average molecular weight is 267 g/mol. The van der Waals surface area contributed by atoms with Crippen LogP contribution >= 0.6 is 0 Å². The first-order valence-corrected chi connectivity index (χ1v) is 6.44. The molecule has 1 aromatic rings. The lowest BCUT2D eigenvalue weighted by atomic mass is 9.78. The van der Waals surface area contributed by atoms with Crippen molar-refractivity contribution in [2.75, 3.05) is 0 Å². The normalized spacial score (nSPS) is 26.9. The number of carbonyl (C=O) groups is 1. The Morgan fingerprint density at radius 1 is 1.47 bits per heavy atom. The molecule has 2 unspecified atom stereocenters. The molecule has 4 nitrogen and oxygen atoms in total. The number of carboxylic acid groups (broad SMARTS) is 1. The molecule has 2 rings (SSSR count). The molecular weight excluding hydrogens is 249 g/mol. The third-order valence-electron chi connectivity index (χ3n) is 3.63. The molecule has 0 bridgehead atoms. The monoisotopic (exact) mass is 267 g/mol. The van der Waals surface area contributed by atoms with Gasteiger partial charge < -0.3 is 15.5 Å². The first-order valence-electron chi connectivity index (χ1n) is 6.44. The molecule has 5 heteroatoms. The summed E-state index contributed by atoms with van der Waals surface area (Å²) in [6.45, 7) is 0. The number of hydrogen-bond acceptors (Lipinski definition) is 2. The van der Waals surface area contributed by atoms with E-state index in [0.717, 1.165) is 6.42 Å². The molecule has 1 aliphatic carbocycles. The molecule has 104 valence electrons. The van der Waals surface area contributed by atoms with E-state index >= 15 is 0 Å². The summed E-state index contributed by atoms with van der Waals surface area (Å²) >= 11 is 0. The molecule has 19 heavy (non-hydrogen) atoms. The number of rotatable bonds is 3. The molecule has 1 saturated carbocycles. The summed E-state index contributed by atoms with van der Waals surface area (Å²) in [6, 6.07) is 6.11. The zero-order valence-corrected chi connectivity index (χ0v) is 10.6. The first kappa shape index (κ1) is 13.8. The number of amides is 1. The third kappa shape index (κ3) is 3.67. The SMILES string of the molecule is O=C(O)NC1CCCC(O)(Cc2ccccc2F)C1. The van der Waals surface area contributed by atoms with Crippen LogP contribution in [0.3, 0.4) is 0 Å². The molecule has 2 atom stereocenters. The smallest absolute Gasteiger partial charge is 0.404 e. The molecule has 3 N–H and O–H groups in total. The average Bonchev–Trinajstić information content (AvgIpc) is 2.31. The Hall–Kier alpha value is -1.62. The standard InChI is InChI=1S/C14H18FNO3/c15-12-6-2-1-4-10(12)8-14(19)7-3-5-11(9-14)16-13(17)18/h1-2,4,6,11,16,19H,3,5,7-9H2,(H,17,18). The van der Waals surface area contributed by atoms with Crippen molar-refractivity contribution in [3.63, 3.8) is 0 Å². The quantitative estimate of drug-likeness (QED) is 0.787. The van der Waals surface area contributed by atoms with E-state index in [-0.39, 0.29) is 18.3 Å². The summed E-state index contributed by atoms with van der Waals surface area (Å²) in [4.78, 5) is 10.6. The molecule has 0 aliphatic heterocycles. The third-order valence-corrected chi connectivity index (χ3v) is 3.63. The highest BCUT2D eigenvalue weighted by Gasteiger charge is 2.35. The predicted molar refractivity (Wildman–Crippen MR) is 68.5 cm³/mol. The van der Waals surface area contributed by atoms with Gasteiger partial charge in [0.05, 0.1) is 5.60 Å². The van der Waals surface area contributed by atoms with Crippen molar-refractivity contribution < 1.29 is 19.4 Å². The second-order valence-electron chi connectivity index (χ2n) is 5.24. The Labute approximate surface area is 111 Å². The maximum atomic E-state index is 13.6. The predicted octanol–water partition coefficient (Wildman–Crippen LogP) is 2.31. The van der Waals surface area contributed by atoms with Crippen LogP contribution in [0.5, 0.6) is 0 Å². The van der Waals surface area contributed by atoms with Crippen molar-refractivity contribution in [1.29, 1.82) is 0 Å². The van der Waals surface area contributed by atoms with Crippen LogP contribution in [0.15, 0.2) is 24.3 Å². The van der Waals surface area contributed by atoms with Gasteiger partial charge in [0.25, 0.3) is 0 Å². The van der Waals surface area contributed by atoms with E-state index in [9.17, 15) is 14.3 Å². The summed E-state index contributed by atoms with van der Waals surface area (Å²) < 4.78 is 13.6. The van der Waals surface area contributed by atoms with Crippen molar-refractivity contribution in [3.05, 3.63) is 35.6 Å². The van der Waals surface area contributed by atoms with Crippen molar-refractivity contribution in [2.24, 2.45) is 0 Å². The summed E-state index contributed by atoms with van der Waals surface area (Å²) in [6.07, 6.45) is 1.48. The summed E-state index contributed by atoms with van der Waals surface area (Å²) in [5, 5.41) is 21.7. The molecule has 1 fully saturated rings. The van der Waals surface area contributed by atoms with Crippen molar-refractivity contribution >= 4 is 6.09 Å². The lowest BCUT2D eigenvalue weighted by molar-refractivity contribution is -0.00678.